The predicted molar refractivity (Wildman–Crippen MR) is 50.0 cm³/mol. The largest absolute Gasteiger partial charge is 0.314 e. The van der Waals surface area contributed by atoms with Gasteiger partial charge in [0, 0.05) is 31.2 Å². The number of hydrogen-bond donors (Lipinski definition) is 2. The Morgan fingerprint density at radius 3 is 2.77 bits per heavy atom. The van der Waals surface area contributed by atoms with Gasteiger partial charge in [-0.2, -0.15) is 0 Å². The summed E-state index contributed by atoms with van der Waals surface area (Å²) in [5.74, 6) is -0.122. The molecule has 13 heavy (non-hydrogen) atoms. The topological polar surface area (TPSA) is 24.1 Å². The van der Waals surface area contributed by atoms with Gasteiger partial charge in [0.1, 0.15) is 5.82 Å². The summed E-state index contributed by atoms with van der Waals surface area (Å²) in [5.41, 5.74) is 0.759. The van der Waals surface area contributed by atoms with Crippen LogP contribution < -0.4 is 10.6 Å². The van der Waals surface area contributed by atoms with Crippen molar-refractivity contribution in [2.75, 3.05) is 19.6 Å². The van der Waals surface area contributed by atoms with E-state index in [2.05, 4.69) is 10.6 Å². The van der Waals surface area contributed by atoms with Crippen LogP contribution in [0.2, 0.25) is 0 Å². The van der Waals surface area contributed by atoms with E-state index in [0.717, 1.165) is 25.2 Å². The molecule has 2 nitrogen and oxygen atoms in total. The van der Waals surface area contributed by atoms with E-state index < -0.39 is 0 Å². The number of hydrogen-bond acceptors (Lipinski definition) is 2. The van der Waals surface area contributed by atoms with Crippen LogP contribution in [0.15, 0.2) is 24.3 Å². The van der Waals surface area contributed by atoms with E-state index in [4.69, 9.17) is 0 Å². The molecule has 1 saturated heterocycles. The van der Waals surface area contributed by atoms with Crippen LogP contribution in [0.3, 0.4) is 0 Å². The molecule has 1 atom stereocenters. The molecule has 1 aromatic rings. The van der Waals surface area contributed by atoms with Crippen LogP contribution in [0.5, 0.6) is 0 Å². The van der Waals surface area contributed by atoms with Crippen LogP contribution in [0.1, 0.15) is 11.6 Å². The molecule has 0 aromatic heterocycles. The first-order valence-electron chi connectivity index (χ1n) is 4.56. The van der Waals surface area contributed by atoms with E-state index in [1.807, 2.05) is 12.1 Å². The highest BCUT2D eigenvalue weighted by atomic mass is 19.1. The van der Waals surface area contributed by atoms with Gasteiger partial charge >= 0.3 is 0 Å². The molecule has 1 fully saturated rings. The van der Waals surface area contributed by atoms with Crippen molar-refractivity contribution >= 4 is 0 Å². The molecule has 0 radical (unpaired) electrons. The highest BCUT2D eigenvalue weighted by molar-refractivity contribution is 5.21. The molecule has 70 valence electrons. The maximum atomic E-state index is 13.3. The SMILES string of the molecule is Fc1ccccc1[C@@H]1CNCCN1. The molecule has 0 saturated carbocycles. The van der Waals surface area contributed by atoms with Crippen molar-refractivity contribution < 1.29 is 4.39 Å². The van der Waals surface area contributed by atoms with Crippen molar-refractivity contribution in [1.82, 2.24) is 10.6 Å². The molecule has 2 N–H and O–H groups in total. The summed E-state index contributed by atoms with van der Waals surface area (Å²) in [7, 11) is 0. The summed E-state index contributed by atoms with van der Waals surface area (Å²) >= 11 is 0. The Labute approximate surface area is 77.2 Å². The number of nitrogens with one attached hydrogen (secondary N) is 2. The molecular formula is C10H13FN2. The molecular weight excluding hydrogens is 167 g/mol. The van der Waals surface area contributed by atoms with E-state index >= 15 is 0 Å². The van der Waals surface area contributed by atoms with Gasteiger partial charge in [0.05, 0.1) is 0 Å². The average molecular weight is 180 g/mol. The third-order valence-corrected chi connectivity index (χ3v) is 2.32. The van der Waals surface area contributed by atoms with Crippen molar-refractivity contribution in [3.8, 4) is 0 Å². The van der Waals surface area contributed by atoms with Crippen molar-refractivity contribution in [3.05, 3.63) is 35.6 Å². The third kappa shape index (κ3) is 1.87. The van der Waals surface area contributed by atoms with Crippen molar-refractivity contribution in [3.63, 3.8) is 0 Å². The molecule has 3 heteroatoms. The lowest BCUT2D eigenvalue weighted by atomic mass is 10.1. The van der Waals surface area contributed by atoms with E-state index in [1.165, 1.54) is 6.07 Å². The summed E-state index contributed by atoms with van der Waals surface area (Å²) in [6, 6.07) is 7.05. The Morgan fingerprint density at radius 1 is 1.23 bits per heavy atom. The molecule has 1 aromatic carbocycles. The first kappa shape index (κ1) is 8.66. The lowest BCUT2D eigenvalue weighted by Crippen LogP contribution is -2.42. The van der Waals surface area contributed by atoms with Gasteiger partial charge in [-0.25, -0.2) is 4.39 Å². The van der Waals surface area contributed by atoms with Gasteiger partial charge in [0.25, 0.3) is 0 Å². The lowest BCUT2D eigenvalue weighted by Gasteiger charge is -2.25. The Bertz CT molecular complexity index is 282. The van der Waals surface area contributed by atoms with Crippen LogP contribution in [0.25, 0.3) is 0 Å². The minimum Gasteiger partial charge on any atom is -0.314 e. The van der Waals surface area contributed by atoms with Crippen molar-refractivity contribution in [2.45, 2.75) is 6.04 Å². The van der Waals surface area contributed by atoms with Gasteiger partial charge in [-0.05, 0) is 6.07 Å². The number of halogens is 1. The second-order valence-electron chi connectivity index (χ2n) is 3.23. The van der Waals surface area contributed by atoms with Crippen LogP contribution in [-0.4, -0.2) is 19.6 Å². The van der Waals surface area contributed by atoms with Gasteiger partial charge in [0.15, 0.2) is 0 Å². The van der Waals surface area contributed by atoms with Crippen LogP contribution in [-0.2, 0) is 0 Å². The predicted octanol–water partition coefficient (Wildman–Crippen LogP) is 1.06. The van der Waals surface area contributed by atoms with Gasteiger partial charge in [-0.1, -0.05) is 18.2 Å². The third-order valence-electron chi connectivity index (χ3n) is 2.32. The molecule has 2 rings (SSSR count). The molecule has 1 heterocycles. The Balaban J connectivity index is 2.18. The first-order chi connectivity index (χ1) is 6.38. The monoisotopic (exact) mass is 180 g/mol. The van der Waals surface area contributed by atoms with Crippen LogP contribution in [0, 0.1) is 5.82 Å². The zero-order valence-corrected chi connectivity index (χ0v) is 7.39. The quantitative estimate of drug-likeness (QED) is 0.675. The number of benzene rings is 1. The zero-order valence-electron chi connectivity index (χ0n) is 7.39. The van der Waals surface area contributed by atoms with Crippen molar-refractivity contribution in [1.29, 1.82) is 0 Å². The molecule has 0 bridgehead atoms. The second-order valence-corrected chi connectivity index (χ2v) is 3.23. The summed E-state index contributed by atoms with van der Waals surface area (Å²) < 4.78 is 13.3. The summed E-state index contributed by atoms with van der Waals surface area (Å²) in [5, 5.41) is 6.51. The average Bonchev–Trinajstić information content (AvgIpc) is 2.20. The second kappa shape index (κ2) is 3.85. The zero-order chi connectivity index (χ0) is 9.10. The van der Waals surface area contributed by atoms with Gasteiger partial charge in [-0.3, -0.25) is 0 Å². The van der Waals surface area contributed by atoms with E-state index in [9.17, 15) is 4.39 Å². The minimum atomic E-state index is -0.122. The summed E-state index contributed by atoms with van der Waals surface area (Å²) in [6.07, 6.45) is 0. The molecule has 0 unspecified atom stereocenters. The Kier molecular flexibility index (Phi) is 2.57. The van der Waals surface area contributed by atoms with Crippen LogP contribution in [0.4, 0.5) is 4.39 Å². The van der Waals surface area contributed by atoms with E-state index in [0.29, 0.717) is 0 Å². The molecule has 1 aliphatic rings. The van der Waals surface area contributed by atoms with Gasteiger partial charge in [-0.15, -0.1) is 0 Å². The van der Waals surface area contributed by atoms with Crippen molar-refractivity contribution in [2.24, 2.45) is 0 Å². The first-order valence-corrected chi connectivity index (χ1v) is 4.56. The smallest absolute Gasteiger partial charge is 0.128 e. The minimum absolute atomic E-state index is 0.120. The highest BCUT2D eigenvalue weighted by Crippen LogP contribution is 2.16. The standard InChI is InChI=1S/C10H13FN2/c11-9-4-2-1-3-8(9)10-7-12-5-6-13-10/h1-4,10,12-13H,5-7H2/t10-/m0/s1. The molecule has 1 aliphatic heterocycles. The maximum Gasteiger partial charge on any atom is 0.128 e. The van der Waals surface area contributed by atoms with E-state index in [1.54, 1.807) is 6.07 Å². The Morgan fingerprint density at radius 2 is 2.08 bits per heavy atom. The molecule has 0 spiro atoms. The summed E-state index contributed by atoms with van der Waals surface area (Å²) in [6.45, 7) is 2.67. The summed E-state index contributed by atoms with van der Waals surface area (Å²) in [4.78, 5) is 0. The van der Waals surface area contributed by atoms with Gasteiger partial charge < -0.3 is 10.6 Å². The molecule has 0 amide bonds. The fourth-order valence-corrected chi connectivity index (χ4v) is 1.63. The fourth-order valence-electron chi connectivity index (χ4n) is 1.63. The lowest BCUT2D eigenvalue weighted by molar-refractivity contribution is 0.417. The Hall–Kier alpha value is -0.930. The number of rotatable bonds is 1. The normalized spacial score (nSPS) is 23.0. The number of piperazine rings is 1. The highest BCUT2D eigenvalue weighted by Gasteiger charge is 2.16. The maximum absolute atomic E-state index is 13.3. The fraction of sp³-hybridized carbons (Fsp3) is 0.400. The van der Waals surface area contributed by atoms with E-state index in [-0.39, 0.29) is 11.9 Å². The van der Waals surface area contributed by atoms with Crippen LogP contribution >= 0.6 is 0 Å². The molecule has 0 aliphatic carbocycles. The van der Waals surface area contributed by atoms with Gasteiger partial charge in [0.2, 0.25) is 0 Å².